The number of hydrogen-bond acceptors (Lipinski definition) is 3. The molecule has 3 aromatic rings. The van der Waals surface area contributed by atoms with Crippen LogP contribution in [0, 0.1) is 11.3 Å². The van der Waals surface area contributed by atoms with Gasteiger partial charge in [-0.15, -0.1) is 0 Å². The number of nitrogens with one attached hydrogen (secondary N) is 1. The first-order chi connectivity index (χ1) is 15.3. The summed E-state index contributed by atoms with van der Waals surface area (Å²) in [6.45, 7) is 0.212. The van der Waals surface area contributed by atoms with Gasteiger partial charge in [0.05, 0.1) is 5.56 Å². The molecular weight excluding hydrogens is 441 g/mol. The third-order valence-corrected chi connectivity index (χ3v) is 4.55. The molecule has 0 aliphatic carbocycles. The zero-order chi connectivity index (χ0) is 23.1. The van der Waals surface area contributed by atoms with Crippen LogP contribution in [-0.2, 0) is 17.6 Å². The second-order valence-corrected chi connectivity index (χ2v) is 7.10. The van der Waals surface area contributed by atoms with Crippen LogP contribution < -0.4 is 10.1 Å². The predicted octanol–water partition coefficient (Wildman–Crippen LogP) is 6.48. The Balaban J connectivity index is 1.79. The number of anilines is 1. The molecule has 0 spiro atoms. The summed E-state index contributed by atoms with van der Waals surface area (Å²) in [4.78, 5) is 12.5. The summed E-state index contributed by atoms with van der Waals surface area (Å²) < 4.78 is 44.5. The van der Waals surface area contributed by atoms with E-state index in [2.05, 4.69) is 5.32 Å². The highest BCUT2D eigenvalue weighted by molar-refractivity contribution is 6.30. The zero-order valence-corrected chi connectivity index (χ0v) is 17.2. The van der Waals surface area contributed by atoms with E-state index in [9.17, 15) is 23.2 Å². The van der Waals surface area contributed by atoms with Crippen LogP contribution >= 0.6 is 11.6 Å². The van der Waals surface area contributed by atoms with Crippen molar-refractivity contribution in [2.75, 3.05) is 5.32 Å². The van der Waals surface area contributed by atoms with Crippen molar-refractivity contribution in [3.63, 3.8) is 0 Å². The summed E-state index contributed by atoms with van der Waals surface area (Å²) in [5, 5.41) is 12.3. The number of hydrogen-bond donors (Lipinski definition) is 1. The molecule has 162 valence electrons. The first-order valence-electron chi connectivity index (χ1n) is 9.33. The molecule has 0 unspecified atom stereocenters. The quantitative estimate of drug-likeness (QED) is 0.341. The maximum Gasteiger partial charge on any atom is 0.416 e. The summed E-state index contributed by atoms with van der Waals surface area (Å²) in [5.74, 6) is -0.413. The molecule has 32 heavy (non-hydrogen) atoms. The van der Waals surface area contributed by atoms with Crippen molar-refractivity contribution in [1.82, 2.24) is 0 Å². The largest absolute Gasteiger partial charge is 0.488 e. The molecule has 0 heterocycles. The third-order valence-electron chi connectivity index (χ3n) is 4.32. The van der Waals surface area contributed by atoms with Crippen LogP contribution in [0.15, 0.2) is 78.4 Å². The lowest BCUT2D eigenvalue weighted by atomic mass is 10.1. The van der Waals surface area contributed by atoms with Gasteiger partial charge in [0.15, 0.2) is 0 Å². The van der Waals surface area contributed by atoms with Gasteiger partial charge in [-0.3, -0.25) is 4.79 Å². The lowest BCUT2D eigenvalue weighted by Crippen LogP contribution is -2.14. The Labute approximate surface area is 187 Å². The average Bonchev–Trinajstić information content (AvgIpc) is 2.76. The topological polar surface area (TPSA) is 62.1 Å². The minimum atomic E-state index is -4.55. The number of halogens is 4. The second kappa shape index (κ2) is 10.0. The molecule has 0 aromatic heterocycles. The summed E-state index contributed by atoms with van der Waals surface area (Å²) in [6, 6.07) is 19.9. The summed E-state index contributed by atoms with van der Waals surface area (Å²) in [6.07, 6.45) is -3.23. The smallest absolute Gasteiger partial charge is 0.416 e. The Morgan fingerprint density at radius 3 is 2.53 bits per heavy atom. The van der Waals surface area contributed by atoms with E-state index in [0.717, 1.165) is 17.7 Å². The van der Waals surface area contributed by atoms with E-state index in [1.807, 2.05) is 6.07 Å². The van der Waals surface area contributed by atoms with Gasteiger partial charge < -0.3 is 10.1 Å². The molecule has 1 N–H and O–H groups in total. The Kier molecular flexibility index (Phi) is 7.18. The van der Waals surface area contributed by atoms with Gasteiger partial charge in [-0.1, -0.05) is 48.0 Å². The van der Waals surface area contributed by atoms with Crippen molar-refractivity contribution in [3.05, 3.63) is 100 Å². The number of rotatable bonds is 6. The van der Waals surface area contributed by atoms with Crippen LogP contribution in [0.1, 0.15) is 16.7 Å². The molecule has 0 fully saturated rings. The van der Waals surface area contributed by atoms with Crippen LogP contribution in [0.25, 0.3) is 6.08 Å². The minimum absolute atomic E-state index is 0.0727. The van der Waals surface area contributed by atoms with Crippen LogP contribution in [0.3, 0.4) is 0 Å². The highest BCUT2D eigenvalue weighted by Gasteiger charge is 2.30. The standard InChI is InChI=1S/C24H16ClF3N2O2/c25-20-8-3-5-16(11-20)15-32-22-10-2-1-6-17(22)12-18(14-29)23(31)30-21-9-4-7-19(13-21)24(26,27)28/h1-13H,15H2,(H,30,31)/b18-12+. The number of benzene rings is 3. The molecule has 0 atom stereocenters. The van der Waals surface area contributed by atoms with Crippen molar-refractivity contribution in [2.24, 2.45) is 0 Å². The van der Waals surface area contributed by atoms with Gasteiger partial charge in [0.25, 0.3) is 5.91 Å². The van der Waals surface area contributed by atoms with Gasteiger partial charge in [-0.25, -0.2) is 0 Å². The second-order valence-electron chi connectivity index (χ2n) is 6.66. The van der Waals surface area contributed by atoms with Gasteiger partial charge in [0.2, 0.25) is 0 Å². The molecule has 1 amide bonds. The van der Waals surface area contributed by atoms with Gasteiger partial charge in [0.1, 0.15) is 24.0 Å². The van der Waals surface area contributed by atoms with E-state index in [4.69, 9.17) is 16.3 Å². The van der Waals surface area contributed by atoms with Gasteiger partial charge in [-0.2, -0.15) is 18.4 Å². The Bertz CT molecular complexity index is 1200. The molecule has 0 saturated heterocycles. The molecule has 3 aromatic carbocycles. The van der Waals surface area contributed by atoms with E-state index in [-0.39, 0.29) is 17.9 Å². The summed E-state index contributed by atoms with van der Waals surface area (Å²) in [7, 11) is 0. The van der Waals surface area contributed by atoms with Crippen LogP contribution in [0.5, 0.6) is 5.75 Å². The Morgan fingerprint density at radius 2 is 1.81 bits per heavy atom. The maximum atomic E-state index is 12.9. The molecule has 0 saturated carbocycles. The van der Waals surface area contributed by atoms with E-state index < -0.39 is 17.6 Å². The van der Waals surface area contributed by atoms with E-state index in [1.54, 1.807) is 48.5 Å². The van der Waals surface area contributed by atoms with Gasteiger partial charge in [0, 0.05) is 16.3 Å². The molecule has 0 bridgehead atoms. The average molecular weight is 457 g/mol. The molecule has 8 heteroatoms. The lowest BCUT2D eigenvalue weighted by Gasteiger charge is -2.11. The number of nitriles is 1. The number of ether oxygens (including phenoxy) is 1. The SMILES string of the molecule is N#C/C(=C\c1ccccc1OCc1cccc(Cl)c1)C(=O)Nc1cccc(C(F)(F)F)c1. The Morgan fingerprint density at radius 1 is 1.06 bits per heavy atom. The number of carbonyl (C=O) groups excluding carboxylic acids is 1. The lowest BCUT2D eigenvalue weighted by molar-refractivity contribution is -0.137. The van der Waals surface area contributed by atoms with Crippen LogP contribution in [0.2, 0.25) is 5.02 Å². The normalized spacial score (nSPS) is 11.5. The van der Waals surface area contributed by atoms with E-state index in [0.29, 0.717) is 16.3 Å². The van der Waals surface area contributed by atoms with Crippen molar-refractivity contribution in [3.8, 4) is 11.8 Å². The monoisotopic (exact) mass is 456 g/mol. The molecule has 0 aliphatic heterocycles. The maximum absolute atomic E-state index is 12.9. The van der Waals surface area contributed by atoms with Crippen molar-refractivity contribution in [1.29, 1.82) is 5.26 Å². The fraction of sp³-hybridized carbons (Fsp3) is 0.0833. The zero-order valence-electron chi connectivity index (χ0n) is 16.5. The summed E-state index contributed by atoms with van der Waals surface area (Å²) in [5.41, 5.74) is 0.0274. The van der Waals surface area contributed by atoms with Crippen molar-refractivity contribution >= 4 is 29.3 Å². The first-order valence-corrected chi connectivity index (χ1v) is 9.71. The number of alkyl halides is 3. The van der Waals surface area contributed by atoms with Crippen molar-refractivity contribution in [2.45, 2.75) is 12.8 Å². The highest BCUT2D eigenvalue weighted by Crippen LogP contribution is 2.31. The molecule has 4 nitrogen and oxygen atoms in total. The van der Waals surface area contributed by atoms with Crippen LogP contribution in [-0.4, -0.2) is 5.91 Å². The molecule has 0 aliphatic rings. The third kappa shape index (κ3) is 6.13. The number of nitrogens with zero attached hydrogens (tertiary/aromatic N) is 1. The Hall–Kier alpha value is -3.76. The minimum Gasteiger partial charge on any atom is -0.488 e. The molecule has 0 radical (unpaired) electrons. The fourth-order valence-electron chi connectivity index (χ4n) is 2.79. The number of amides is 1. The highest BCUT2D eigenvalue weighted by atomic mass is 35.5. The van der Waals surface area contributed by atoms with E-state index in [1.165, 1.54) is 18.2 Å². The fourth-order valence-corrected chi connectivity index (χ4v) is 3.01. The van der Waals surface area contributed by atoms with E-state index >= 15 is 0 Å². The van der Waals surface area contributed by atoms with Gasteiger partial charge >= 0.3 is 6.18 Å². The first kappa shape index (κ1) is 22.9. The summed E-state index contributed by atoms with van der Waals surface area (Å²) >= 11 is 5.97. The molecule has 3 rings (SSSR count). The predicted molar refractivity (Wildman–Crippen MR) is 116 cm³/mol. The number of para-hydroxylation sites is 1. The van der Waals surface area contributed by atoms with Crippen molar-refractivity contribution < 1.29 is 22.7 Å². The van der Waals surface area contributed by atoms with Crippen LogP contribution in [0.4, 0.5) is 18.9 Å². The molecular formula is C24H16ClF3N2O2. The number of carbonyl (C=O) groups is 1. The van der Waals surface area contributed by atoms with Gasteiger partial charge in [-0.05, 0) is 48.0 Å².